The predicted octanol–water partition coefficient (Wildman–Crippen LogP) is 2.57. The van der Waals surface area contributed by atoms with E-state index in [1.54, 1.807) is 0 Å². The summed E-state index contributed by atoms with van der Waals surface area (Å²) in [5, 5.41) is 7.12. The molecule has 1 aliphatic carbocycles. The van der Waals surface area contributed by atoms with Crippen LogP contribution in [0.5, 0.6) is 0 Å². The van der Waals surface area contributed by atoms with Gasteiger partial charge in [-0.3, -0.25) is 9.79 Å². The summed E-state index contributed by atoms with van der Waals surface area (Å²) in [7, 11) is 0. The molecule has 8 heteroatoms. The Bertz CT molecular complexity index is 645. The van der Waals surface area contributed by atoms with Crippen LogP contribution in [0.15, 0.2) is 29.3 Å². The van der Waals surface area contributed by atoms with Gasteiger partial charge >= 0.3 is 0 Å². The van der Waals surface area contributed by atoms with E-state index in [4.69, 9.17) is 11.6 Å². The first kappa shape index (κ1) is 22.1. The molecule has 2 fully saturated rings. The summed E-state index contributed by atoms with van der Waals surface area (Å²) in [6.07, 6.45) is 2.07. The monoisotopic (exact) mass is 505 g/mol. The lowest BCUT2D eigenvalue weighted by Gasteiger charge is -2.38. The molecule has 150 valence electrons. The van der Waals surface area contributed by atoms with Crippen LogP contribution in [0.2, 0.25) is 5.02 Å². The van der Waals surface area contributed by atoms with Crippen LogP contribution >= 0.6 is 35.6 Å². The number of nitrogens with one attached hydrogen (secondary N) is 2. The largest absolute Gasteiger partial charge is 0.367 e. The fraction of sp³-hybridized carbons (Fsp3) is 0.579. The van der Waals surface area contributed by atoms with Gasteiger partial charge in [0.05, 0.1) is 17.3 Å². The van der Waals surface area contributed by atoms with Crippen LogP contribution in [0.25, 0.3) is 0 Å². The molecule has 1 amide bonds. The van der Waals surface area contributed by atoms with Crippen molar-refractivity contribution in [3.05, 3.63) is 29.3 Å². The minimum Gasteiger partial charge on any atom is -0.367 e. The minimum absolute atomic E-state index is 0. The number of rotatable bonds is 6. The molecule has 0 aromatic heterocycles. The summed E-state index contributed by atoms with van der Waals surface area (Å²) in [4.78, 5) is 20.9. The van der Waals surface area contributed by atoms with Gasteiger partial charge in [-0.15, -0.1) is 24.0 Å². The van der Waals surface area contributed by atoms with Crippen molar-refractivity contribution in [2.45, 2.75) is 19.8 Å². The zero-order valence-corrected chi connectivity index (χ0v) is 18.9. The van der Waals surface area contributed by atoms with E-state index >= 15 is 0 Å². The van der Waals surface area contributed by atoms with Crippen LogP contribution in [0.3, 0.4) is 0 Å². The smallest absolute Gasteiger partial charge is 0.223 e. The number of carbonyl (C=O) groups excluding carboxylic acids is 1. The van der Waals surface area contributed by atoms with Crippen molar-refractivity contribution in [3.63, 3.8) is 0 Å². The number of hydrogen-bond donors (Lipinski definition) is 2. The van der Waals surface area contributed by atoms with E-state index in [2.05, 4.69) is 38.4 Å². The highest BCUT2D eigenvalue weighted by Crippen LogP contribution is 2.28. The average Bonchev–Trinajstić information content (AvgIpc) is 3.50. The van der Waals surface area contributed by atoms with Crippen molar-refractivity contribution in [2.24, 2.45) is 10.9 Å². The molecule has 1 saturated heterocycles. The molecular weight excluding hydrogens is 477 g/mol. The van der Waals surface area contributed by atoms with Crippen molar-refractivity contribution < 1.29 is 4.79 Å². The van der Waals surface area contributed by atoms with Crippen molar-refractivity contribution in [3.8, 4) is 0 Å². The number of piperazine rings is 1. The summed E-state index contributed by atoms with van der Waals surface area (Å²) in [6.45, 7) is 7.72. The summed E-state index contributed by atoms with van der Waals surface area (Å²) in [6, 6.07) is 7.99. The highest BCUT2D eigenvalue weighted by molar-refractivity contribution is 14.0. The highest BCUT2D eigenvalue weighted by atomic mass is 127. The molecule has 6 nitrogen and oxygen atoms in total. The molecule has 1 aromatic rings. The number of aliphatic imine (C=N–C) groups is 1. The number of para-hydroxylation sites is 1. The van der Waals surface area contributed by atoms with Crippen molar-refractivity contribution in [1.29, 1.82) is 0 Å². The Hall–Kier alpha value is -1.22. The number of benzene rings is 1. The number of halogens is 2. The number of guanidine groups is 1. The SMILES string of the molecule is CCNC(=NCCNC(=O)C1CC1)N1CCN(c2ccccc2Cl)CC1.I. The van der Waals surface area contributed by atoms with Crippen LogP contribution in [0.1, 0.15) is 19.8 Å². The lowest BCUT2D eigenvalue weighted by atomic mass is 10.2. The molecule has 1 aromatic carbocycles. The molecule has 0 unspecified atom stereocenters. The zero-order valence-electron chi connectivity index (χ0n) is 15.8. The third-order valence-electron chi connectivity index (χ3n) is 4.73. The first-order valence-electron chi connectivity index (χ1n) is 9.49. The fourth-order valence-electron chi connectivity index (χ4n) is 3.12. The van der Waals surface area contributed by atoms with Gasteiger partial charge in [-0.25, -0.2) is 0 Å². The van der Waals surface area contributed by atoms with Gasteiger partial charge in [-0.2, -0.15) is 0 Å². The van der Waals surface area contributed by atoms with E-state index in [1.807, 2.05) is 18.2 Å². The summed E-state index contributed by atoms with van der Waals surface area (Å²) in [5.41, 5.74) is 1.10. The van der Waals surface area contributed by atoms with Gasteiger partial charge < -0.3 is 20.4 Å². The number of amides is 1. The second-order valence-electron chi connectivity index (χ2n) is 6.73. The molecule has 0 atom stereocenters. The van der Waals surface area contributed by atoms with E-state index in [0.717, 1.165) is 62.2 Å². The lowest BCUT2D eigenvalue weighted by molar-refractivity contribution is -0.122. The third-order valence-corrected chi connectivity index (χ3v) is 5.05. The summed E-state index contributed by atoms with van der Waals surface area (Å²) < 4.78 is 0. The molecule has 0 radical (unpaired) electrons. The van der Waals surface area contributed by atoms with Gasteiger partial charge in [-0.05, 0) is 31.9 Å². The minimum atomic E-state index is 0. The molecular formula is C19H29ClIN5O. The van der Waals surface area contributed by atoms with Gasteiger partial charge in [0.2, 0.25) is 5.91 Å². The summed E-state index contributed by atoms with van der Waals surface area (Å²) >= 11 is 6.32. The molecule has 1 heterocycles. The Balaban J connectivity index is 0.00000261. The maximum atomic E-state index is 11.7. The molecule has 3 rings (SSSR count). The maximum absolute atomic E-state index is 11.7. The standard InChI is InChI=1S/C19H28ClN5O.HI/c1-2-21-19(23-10-9-22-18(26)15-7-8-15)25-13-11-24(12-14-25)17-6-4-3-5-16(17)20;/h3-6,15H,2,7-14H2,1H3,(H,21,23)(H,22,26);1H. The molecule has 2 N–H and O–H groups in total. The van der Waals surface area contributed by atoms with Gasteiger partial charge in [0.1, 0.15) is 0 Å². The topological polar surface area (TPSA) is 60.0 Å². The lowest BCUT2D eigenvalue weighted by Crippen LogP contribution is -2.52. The molecule has 0 spiro atoms. The Kier molecular flexibility index (Phi) is 8.95. The van der Waals surface area contributed by atoms with E-state index in [0.29, 0.717) is 13.1 Å². The van der Waals surface area contributed by atoms with Crippen LogP contribution in [-0.4, -0.2) is 62.6 Å². The Morgan fingerprint density at radius 2 is 1.89 bits per heavy atom. The van der Waals surface area contributed by atoms with Crippen LogP contribution < -0.4 is 15.5 Å². The second-order valence-corrected chi connectivity index (χ2v) is 7.13. The van der Waals surface area contributed by atoms with Crippen LogP contribution in [0.4, 0.5) is 5.69 Å². The Labute approximate surface area is 183 Å². The van der Waals surface area contributed by atoms with E-state index in [1.165, 1.54) is 0 Å². The summed E-state index contributed by atoms with van der Waals surface area (Å²) in [5.74, 6) is 1.36. The van der Waals surface area contributed by atoms with Crippen LogP contribution in [-0.2, 0) is 4.79 Å². The number of carbonyl (C=O) groups is 1. The van der Waals surface area contributed by atoms with Crippen molar-refractivity contribution in [2.75, 3.05) is 50.7 Å². The fourth-order valence-corrected chi connectivity index (χ4v) is 3.38. The van der Waals surface area contributed by atoms with Gasteiger partial charge in [-0.1, -0.05) is 23.7 Å². The van der Waals surface area contributed by atoms with Crippen molar-refractivity contribution >= 4 is 53.1 Å². The normalized spacial score (nSPS) is 17.3. The molecule has 0 bridgehead atoms. The molecule has 1 saturated carbocycles. The Morgan fingerprint density at radius 3 is 2.52 bits per heavy atom. The van der Waals surface area contributed by atoms with E-state index in [-0.39, 0.29) is 35.8 Å². The second kappa shape index (κ2) is 10.9. The van der Waals surface area contributed by atoms with Crippen LogP contribution in [0, 0.1) is 5.92 Å². The Morgan fingerprint density at radius 1 is 1.19 bits per heavy atom. The zero-order chi connectivity index (χ0) is 18.4. The molecule has 2 aliphatic rings. The third kappa shape index (κ3) is 6.41. The first-order chi connectivity index (χ1) is 12.7. The quantitative estimate of drug-likeness (QED) is 0.270. The molecule has 27 heavy (non-hydrogen) atoms. The molecule has 1 aliphatic heterocycles. The van der Waals surface area contributed by atoms with E-state index in [9.17, 15) is 4.79 Å². The number of hydrogen-bond acceptors (Lipinski definition) is 3. The van der Waals surface area contributed by atoms with Gasteiger partial charge in [0.15, 0.2) is 5.96 Å². The van der Waals surface area contributed by atoms with E-state index < -0.39 is 0 Å². The number of nitrogens with zero attached hydrogens (tertiary/aromatic N) is 3. The maximum Gasteiger partial charge on any atom is 0.223 e. The first-order valence-corrected chi connectivity index (χ1v) is 9.87. The highest BCUT2D eigenvalue weighted by Gasteiger charge is 2.29. The van der Waals surface area contributed by atoms with Gasteiger partial charge in [0.25, 0.3) is 0 Å². The van der Waals surface area contributed by atoms with Crippen molar-refractivity contribution in [1.82, 2.24) is 15.5 Å². The predicted molar refractivity (Wildman–Crippen MR) is 122 cm³/mol. The average molecular weight is 506 g/mol. The number of anilines is 1. The van der Waals surface area contributed by atoms with Gasteiger partial charge in [0, 0.05) is 45.2 Å².